The predicted octanol–water partition coefficient (Wildman–Crippen LogP) is 1.46. The van der Waals surface area contributed by atoms with Crippen LogP contribution in [0.3, 0.4) is 0 Å². The molecule has 0 bridgehead atoms. The van der Waals surface area contributed by atoms with E-state index in [2.05, 4.69) is 5.32 Å². The zero-order valence-electron chi connectivity index (χ0n) is 14.7. The summed E-state index contributed by atoms with van der Waals surface area (Å²) < 4.78 is 30.5. The van der Waals surface area contributed by atoms with Crippen LogP contribution in [0.4, 0.5) is 0 Å². The maximum atomic E-state index is 12.2. The van der Waals surface area contributed by atoms with Crippen molar-refractivity contribution in [3.05, 3.63) is 29.3 Å². The largest absolute Gasteiger partial charge is 0.452 e. The van der Waals surface area contributed by atoms with Gasteiger partial charge in [0, 0.05) is 20.1 Å². The molecule has 1 aromatic carbocycles. The number of hydrogen-bond donors (Lipinski definition) is 1. The van der Waals surface area contributed by atoms with E-state index in [9.17, 15) is 18.0 Å². The molecule has 0 unspecified atom stereocenters. The van der Waals surface area contributed by atoms with Crippen LogP contribution in [0, 0.1) is 6.92 Å². The summed E-state index contributed by atoms with van der Waals surface area (Å²) in [5, 5.41) is 2.83. The molecular formula is C17H24N2O5S. The Morgan fingerprint density at radius 2 is 1.88 bits per heavy atom. The smallest absolute Gasteiger partial charge is 0.338 e. The standard InChI is InChI=1S/C17H24N2O5S/c1-12-8-9-14(25(22,23)19(2)3)10-15(12)17(21)24-11-16(20)18-13-6-4-5-7-13/h8-10,13H,4-7,11H2,1-3H3,(H,18,20). The van der Waals surface area contributed by atoms with Crippen LogP contribution in [-0.2, 0) is 19.6 Å². The fourth-order valence-corrected chi connectivity index (χ4v) is 3.67. The molecule has 0 radical (unpaired) electrons. The monoisotopic (exact) mass is 368 g/mol. The summed E-state index contributed by atoms with van der Waals surface area (Å²) in [6.45, 7) is 1.31. The minimum absolute atomic E-state index is 0.00505. The summed E-state index contributed by atoms with van der Waals surface area (Å²) in [5.74, 6) is -1.05. The van der Waals surface area contributed by atoms with E-state index in [4.69, 9.17) is 4.74 Å². The first kappa shape index (κ1) is 19.4. The van der Waals surface area contributed by atoms with E-state index >= 15 is 0 Å². The fourth-order valence-electron chi connectivity index (χ4n) is 2.74. The number of nitrogens with one attached hydrogen (secondary N) is 1. The summed E-state index contributed by atoms with van der Waals surface area (Å²) in [4.78, 5) is 24.1. The summed E-state index contributed by atoms with van der Waals surface area (Å²) in [7, 11) is -0.816. The lowest BCUT2D eigenvalue weighted by Crippen LogP contribution is -2.36. The third-order valence-corrected chi connectivity index (χ3v) is 6.07. The first-order chi connectivity index (χ1) is 11.7. The van der Waals surface area contributed by atoms with Gasteiger partial charge in [-0.2, -0.15) is 0 Å². The Bertz CT molecular complexity index is 752. The Kier molecular flexibility index (Phi) is 6.18. The molecule has 0 heterocycles. The van der Waals surface area contributed by atoms with Gasteiger partial charge < -0.3 is 10.1 Å². The summed E-state index contributed by atoms with van der Waals surface area (Å²) in [5.41, 5.74) is 0.718. The van der Waals surface area contributed by atoms with Gasteiger partial charge in [-0.1, -0.05) is 18.9 Å². The number of amides is 1. The van der Waals surface area contributed by atoms with Crippen LogP contribution >= 0.6 is 0 Å². The number of benzene rings is 1. The second kappa shape index (κ2) is 7.97. The molecule has 25 heavy (non-hydrogen) atoms. The molecular weight excluding hydrogens is 344 g/mol. The maximum absolute atomic E-state index is 12.2. The van der Waals surface area contributed by atoms with Crippen LogP contribution in [0.15, 0.2) is 23.1 Å². The van der Waals surface area contributed by atoms with Gasteiger partial charge in [-0.25, -0.2) is 17.5 Å². The first-order valence-electron chi connectivity index (χ1n) is 8.21. The second-order valence-electron chi connectivity index (χ2n) is 6.39. The molecule has 1 saturated carbocycles. The van der Waals surface area contributed by atoms with Gasteiger partial charge in [0.15, 0.2) is 6.61 Å². The van der Waals surface area contributed by atoms with Crippen LogP contribution < -0.4 is 5.32 Å². The van der Waals surface area contributed by atoms with Crippen molar-refractivity contribution < 1.29 is 22.7 Å². The third-order valence-electron chi connectivity index (χ3n) is 4.26. The quantitative estimate of drug-likeness (QED) is 0.768. The highest BCUT2D eigenvalue weighted by molar-refractivity contribution is 7.89. The zero-order chi connectivity index (χ0) is 18.6. The molecule has 1 fully saturated rings. The van der Waals surface area contributed by atoms with Crippen LogP contribution in [0.5, 0.6) is 0 Å². The lowest BCUT2D eigenvalue weighted by atomic mass is 10.1. The van der Waals surface area contributed by atoms with E-state index in [1.54, 1.807) is 13.0 Å². The van der Waals surface area contributed by atoms with Crippen molar-refractivity contribution in [2.24, 2.45) is 0 Å². The van der Waals surface area contributed by atoms with Crippen molar-refractivity contribution in [1.29, 1.82) is 0 Å². The molecule has 0 spiro atoms. The fraction of sp³-hybridized carbons (Fsp3) is 0.529. The second-order valence-corrected chi connectivity index (χ2v) is 8.54. The number of nitrogens with zero attached hydrogens (tertiary/aromatic N) is 1. The Morgan fingerprint density at radius 1 is 1.24 bits per heavy atom. The van der Waals surface area contributed by atoms with E-state index < -0.39 is 16.0 Å². The van der Waals surface area contributed by atoms with Crippen molar-refractivity contribution >= 4 is 21.9 Å². The van der Waals surface area contributed by atoms with Gasteiger partial charge >= 0.3 is 5.97 Å². The normalized spacial score (nSPS) is 15.4. The molecule has 0 atom stereocenters. The van der Waals surface area contributed by atoms with Gasteiger partial charge in [-0.05, 0) is 37.5 Å². The lowest BCUT2D eigenvalue weighted by molar-refractivity contribution is -0.124. The molecule has 1 amide bonds. The van der Waals surface area contributed by atoms with Gasteiger partial charge in [0.2, 0.25) is 10.0 Å². The van der Waals surface area contributed by atoms with Crippen LogP contribution in [0.2, 0.25) is 0 Å². The van der Waals surface area contributed by atoms with Crippen molar-refractivity contribution in [1.82, 2.24) is 9.62 Å². The van der Waals surface area contributed by atoms with Gasteiger partial charge in [-0.15, -0.1) is 0 Å². The molecule has 1 aromatic rings. The first-order valence-corrected chi connectivity index (χ1v) is 9.65. The predicted molar refractivity (Wildman–Crippen MR) is 92.7 cm³/mol. The average molecular weight is 368 g/mol. The van der Waals surface area contributed by atoms with Gasteiger partial charge in [-0.3, -0.25) is 4.79 Å². The Labute approximate surface area is 148 Å². The van der Waals surface area contributed by atoms with E-state index in [0.717, 1.165) is 30.0 Å². The number of esters is 1. The molecule has 0 saturated heterocycles. The molecule has 1 aliphatic carbocycles. The SMILES string of the molecule is Cc1ccc(S(=O)(=O)N(C)C)cc1C(=O)OCC(=O)NC1CCCC1. The van der Waals surface area contributed by atoms with Gasteiger partial charge in [0.25, 0.3) is 5.91 Å². The summed E-state index contributed by atoms with van der Waals surface area (Å²) in [6, 6.07) is 4.42. The minimum Gasteiger partial charge on any atom is -0.452 e. The average Bonchev–Trinajstić information content (AvgIpc) is 3.05. The van der Waals surface area contributed by atoms with Crippen LogP contribution in [0.25, 0.3) is 0 Å². The van der Waals surface area contributed by atoms with Crippen LogP contribution in [0.1, 0.15) is 41.6 Å². The highest BCUT2D eigenvalue weighted by Crippen LogP contribution is 2.19. The summed E-state index contributed by atoms with van der Waals surface area (Å²) in [6.07, 6.45) is 4.08. The Hall–Kier alpha value is -1.93. The lowest BCUT2D eigenvalue weighted by Gasteiger charge is -2.14. The number of hydrogen-bond acceptors (Lipinski definition) is 5. The number of ether oxygens (including phenoxy) is 1. The number of rotatable bonds is 6. The topological polar surface area (TPSA) is 92.8 Å². The van der Waals surface area contributed by atoms with E-state index in [1.165, 1.54) is 26.2 Å². The number of carbonyl (C=O) groups is 2. The molecule has 0 aromatic heterocycles. The Morgan fingerprint density at radius 3 is 2.48 bits per heavy atom. The molecule has 2 rings (SSSR count). The Balaban J connectivity index is 2.04. The molecule has 1 aliphatic rings. The minimum atomic E-state index is -3.65. The van der Waals surface area contributed by atoms with E-state index in [-0.39, 0.29) is 29.0 Å². The van der Waals surface area contributed by atoms with E-state index in [0.29, 0.717) is 5.56 Å². The zero-order valence-corrected chi connectivity index (χ0v) is 15.6. The third kappa shape index (κ3) is 4.79. The molecule has 8 heteroatoms. The van der Waals surface area contributed by atoms with Gasteiger partial charge in [0.05, 0.1) is 10.5 Å². The highest BCUT2D eigenvalue weighted by Gasteiger charge is 2.22. The van der Waals surface area contributed by atoms with E-state index in [1.807, 2.05) is 0 Å². The van der Waals surface area contributed by atoms with Crippen molar-refractivity contribution in [3.63, 3.8) is 0 Å². The molecule has 1 N–H and O–H groups in total. The molecule has 138 valence electrons. The maximum Gasteiger partial charge on any atom is 0.338 e. The number of aryl methyl sites for hydroxylation is 1. The number of sulfonamides is 1. The van der Waals surface area contributed by atoms with Crippen molar-refractivity contribution in [2.75, 3.05) is 20.7 Å². The molecule has 7 nitrogen and oxygen atoms in total. The van der Waals surface area contributed by atoms with Crippen LogP contribution in [-0.4, -0.2) is 51.3 Å². The van der Waals surface area contributed by atoms with Gasteiger partial charge in [0.1, 0.15) is 0 Å². The summed E-state index contributed by atoms with van der Waals surface area (Å²) >= 11 is 0. The van der Waals surface area contributed by atoms with Crippen molar-refractivity contribution in [3.8, 4) is 0 Å². The highest BCUT2D eigenvalue weighted by atomic mass is 32.2. The van der Waals surface area contributed by atoms with Crippen molar-refractivity contribution in [2.45, 2.75) is 43.5 Å². The molecule has 0 aliphatic heterocycles. The number of carbonyl (C=O) groups excluding carboxylic acids is 2.